The third kappa shape index (κ3) is 3.49. The molecule has 24 heavy (non-hydrogen) atoms. The number of aromatic nitrogens is 2. The quantitative estimate of drug-likeness (QED) is 0.746. The Labute approximate surface area is 156 Å². The van der Waals surface area contributed by atoms with Crippen molar-refractivity contribution in [1.29, 1.82) is 0 Å². The number of carbonyl (C=O) groups excluding carboxylic acids is 1. The lowest BCUT2D eigenvalue weighted by atomic mass is 9.53. The van der Waals surface area contributed by atoms with Crippen molar-refractivity contribution < 1.29 is 4.79 Å². The van der Waals surface area contributed by atoms with E-state index in [1.54, 1.807) is 34.9 Å². The van der Waals surface area contributed by atoms with Crippen LogP contribution in [0.15, 0.2) is 8.68 Å². The van der Waals surface area contributed by atoms with Gasteiger partial charge < -0.3 is 5.32 Å². The first kappa shape index (κ1) is 17.2. The van der Waals surface area contributed by atoms with Crippen molar-refractivity contribution in [3.8, 4) is 0 Å². The van der Waals surface area contributed by atoms with Crippen LogP contribution in [-0.4, -0.2) is 32.6 Å². The summed E-state index contributed by atoms with van der Waals surface area (Å²) in [5, 5.41) is 11.8. The standard InChI is InChI=1S/C17H25N3OS3/c1-3-22-15-19-20-16(24-15)23-10(2)14(21)18-17-7-11-4-12(8-17)6-13(5-11)9-17/h10-13H,3-9H2,1-2H3,(H,18,21). The Morgan fingerprint density at radius 1 is 1.21 bits per heavy atom. The number of hydrogen-bond donors (Lipinski definition) is 1. The molecule has 0 aliphatic heterocycles. The van der Waals surface area contributed by atoms with E-state index in [0.29, 0.717) is 0 Å². The van der Waals surface area contributed by atoms with Crippen LogP contribution in [-0.2, 0) is 4.79 Å². The van der Waals surface area contributed by atoms with Crippen LogP contribution in [0.3, 0.4) is 0 Å². The molecule has 132 valence electrons. The Kier molecular flexibility index (Phi) is 4.86. The number of carbonyl (C=O) groups is 1. The normalized spacial score (nSPS) is 35.2. The zero-order chi connectivity index (χ0) is 16.7. The highest BCUT2D eigenvalue weighted by atomic mass is 32.2. The molecule has 4 aliphatic rings. The summed E-state index contributed by atoms with van der Waals surface area (Å²) in [6.07, 6.45) is 7.83. The summed E-state index contributed by atoms with van der Waals surface area (Å²) in [6.45, 7) is 4.11. The van der Waals surface area contributed by atoms with E-state index < -0.39 is 0 Å². The van der Waals surface area contributed by atoms with E-state index in [9.17, 15) is 4.79 Å². The average Bonchev–Trinajstić information content (AvgIpc) is 2.93. The van der Waals surface area contributed by atoms with Crippen LogP contribution in [0.25, 0.3) is 0 Å². The number of rotatable bonds is 6. The Balaban J connectivity index is 1.37. The zero-order valence-electron chi connectivity index (χ0n) is 14.3. The number of nitrogens with one attached hydrogen (secondary N) is 1. The summed E-state index contributed by atoms with van der Waals surface area (Å²) >= 11 is 4.85. The topological polar surface area (TPSA) is 54.9 Å². The number of hydrogen-bond acceptors (Lipinski definition) is 6. The van der Waals surface area contributed by atoms with Crippen molar-refractivity contribution in [3.05, 3.63) is 0 Å². The molecule has 4 aliphatic carbocycles. The van der Waals surface area contributed by atoms with Gasteiger partial charge >= 0.3 is 0 Å². The summed E-state index contributed by atoms with van der Waals surface area (Å²) in [4.78, 5) is 12.8. The maximum Gasteiger partial charge on any atom is 0.233 e. The van der Waals surface area contributed by atoms with Crippen molar-refractivity contribution in [2.24, 2.45) is 17.8 Å². The molecular weight excluding hydrogens is 358 g/mol. The molecule has 1 amide bonds. The fourth-order valence-electron chi connectivity index (χ4n) is 5.26. The van der Waals surface area contributed by atoms with Crippen LogP contribution in [0.5, 0.6) is 0 Å². The Hall–Kier alpha value is -0.270. The van der Waals surface area contributed by atoms with E-state index in [1.165, 1.54) is 38.5 Å². The molecule has 0 radical (unpaired) electrons. The van der Waals surface area contributed by atoms with Gasteiger partial charge in [0.15, 0.2) is 8.68 Å². The van der Waals surface area contributed by atoms with Gasteiger partial charge in [0.05, 0.1) is 5.25 Å². The Bertz CT molecular complexity index is 583. The van der Waals surface area contributed by atoms with E-state index in [0.717, 1.165) is 32.2 Å². The molecule has 1 aromatic rings. The van der Waals surface area contributed by atoms with Crippen molar-refractivity contribution in [2.75, 3.05) is 5.75 Å². The molecule has 0 aromatic carbocycles. The van der Waals surface area contributed by atoms with E-state index in [1.807, 2.05) is 6.92 Å². The molecule has 4 nitrogen and oxygen atoms in total. The highest BCUT2D eigenvalue weighted by Crippen LogP contribution is 2.55. The maximum absolute atomic E-state index is 12.8. The monoisotopic (exact) mass is 383 g/mol. The SMILES string of the molecule is CCSc1nnc(SC(C)C(=O)NC23CC4CC(CC(C4)C2)C3)s1. The molecule has 7 heteroatoms. The lowest BCUT2D eigenvalue weighted by Crippen LogP contribution is -2.60. The lowest BCUT2D eigenvalue weighted by Gasteiger charge is -2.57. The maximum atomic E-state index is 12.8. The molecular formula is C17H25N3OS3. The fraction of sp³-hybridized carbons (Fsp3) is 0.824. The molecule has 5 rings (SSSR count). The van der Waals surface area contributed by atoms with Gasteiger partial charge in [-0.3, -0.25) is 4.79 Å². The largest absolute Gasteiger partial charge is 0.350 e. The van der Waals surface area contributed by atoms with Crippen molar-refractivity contribution in [1.82, 2.24) is 15.5 Å². The van der Waals surface area contributed by atoms with Gasteiger partial charge in [-0.25, -0.2) is 0 Å². The minimum Gasteiger partial charge on any atom is -0.350 e. The summed E-state index contributed by atoms with van der Waals surface area (Å²) < 4.78 is 1.90. The highest BCUT2D eigenvalue weighted by Gasteiger charge is 2.51. The summed E-state index contributed by atoms with van der Waals surface area (Å²) in [7, 11) is 0. The summed E-state index contributed by atoms with van der Waals surface area (Å²) in [5.74, 6) is 3.76. The average molecular weight is 384 g/mol. The first-order chi connectivity index (χ1) is 11.5. The van der Waals surface area contributed by atoms with Crippen LogP contribution in [0.2, 0.25) is 0 Å². The van der Waals surface area contributed by atoms with Gasteiger partial charge in [0.25, 0.3) is 0 Å². The van der Waals surface area contributed by atoms with Crippen molar-refractivity contribution in [2.45, 2.75) is 71.8 Å². The first-order valence-corrected chi connectivity index (χ1v) is 11.7. The van der Waals surface area contributed by atoms with Crippen LogP contribution in [0.4, 0.5) is 0 Å². The van der Waals surface area contributed by atoms with E-state index in [-0.39, 0.29) is 16.7 Å². The molecule has 1 aromatic heterocycles. The smallest absolute Gasteiger partial charge is 0.233 e. The van der Waals surface area contributed by atoms with Crippen LogP contribution < -0.4 is 5.32 Å². The second-order valence-electron chi connectivity index (χ2n) is 7.71. The molecule has 4 bridgehead atoms. The van der Waals surface area contributed by atoms with E-state index in [2.05, 4.69) is 22.4 Å². The highest BCUT2D eigenvalue weighted by molar-refractivity contribution is 8.03. The molecule has 1 N–H and O–H groups in total. The summed E-state index contributed by atoms with van der Waals surface area (Å²) in [6, 6.07) is 0. The number of thioether (sulfide) groups is 2. The van der Waals surface area contributed by atoms with Gasteiger partial charge in [-0.2, -0.15) is 0 Å². The zero-order valence-corrected chi connectivity index (χ0v) is 16.7. The molecule has 4 saturated carbocycles. The number of nitrogens with zero attached hydrogens (tertiary/aromatic N) is 2. The van der Waals surface area contributed by atoms with Crippen LogP contribution in [0.1, 0.15) is 52.4 Å². The Morgan fingerprint density at radius 2 is 1.79 bits per heavy atom. The predicted octanol–water partition coefficient (Wildman–Crippen LogP) is 4.22. The minimum atomic E-state index is -0.106. The third-order valence-corrected chi connectivity index (χ3v) is 8.85. The molecule has 1 atom stereocenters. The van der Waals surface area contributed by atoms with E-state index in [4.69, 9.17) is 0 Å². The van der Waals surface area contributed by atoms with Gasteiger partial charge in [-0.15, -0.1) is 10.2 Å². The Morgan fingerprint density at radius 3 is 2.38 bits per heavy atom. The second-order valence-corrected chi connectivity index (χ2v) is 11.8. The molecule has 0 saturated heterocycles. The molecule has 1 unspecified atom stereocenters. The molecule has 0 spiro atoms. The van der Waals surface area contributed by atoms with Gasteiger partial charge in [0, 0.05) is 5.54 Å². The van der Waals surface area contributed by atoms with Gasteiger partial charge in [-0.1, -0.05) is 41.8 Å². The van der Waals surface area contributed by atoms with Gasteiger partial charge in [0.1, 0.15) is 0 Å². The third-order valence-electron chi connectivity index (χ3n) is 5.73. The van der Waals surface area contributed by atoms with Crippen molar-refractivity contribution in [3.63, 3.8) is 0 Å². The van der Waals surface area contributed by atoms with Crippen LogP contribution in [0, 0.1) is 17.8 Å². The van der Waals surface area contributed by atoms with Gasteiger partial charge in [-0.05, 0) is 69.0 Å². The molecule has 1 heterocycles. The van der Waals surface area contributed by atoms with Gasteiger partial charge in [0.2, 0.25) is 5.91 Å². The fourth-order valence-corrected chi connectivity index (χ4v) is 8.32. The lowest BCUT2D eigenvalue weighted by molar-refractivity contribution is -0.126. The minimum absolute atomic E-state index is 0.102. The van der Waals surface area contributed by atoms with Crippen LogP contribution >= 0.6 is 34.9 Å². The molecule has 4 fully saturated rings. The second kappa shape index (κ2) is 6.80. The summed E-state index contributed by atoms with van der Waals surface area (Å²) in [5.41, 5.74) is 0.102. The predicted molar refractivity (Wildman–Crippen MR) is 101 cm³/mol. The van der Waals surface area contributed by atoms with E-state index >= 15 is 0 Å². The number of amides is 1. The first-order valence-electron chi connectivity index (χ1n) is 9.00. The van der Waals surface area contributed by atoms with Crippen molar-refractivity contribution >= 4 is 40.8 Å².